The van der Waals surface area contributed by atoms with Gasteiger partial charge in [-0.1, -0.05) is 44.2 Å². The summed E-state index contributed by atoms with van der Waals surface area (Å²) in [4.78, 5) is 14.8. The summed E-state index contributed by atoms with van der Waals surface area (Å²) >= 11 is 0. The van der Waals surface area contributed by atoms with Crippen LogP contribution in [0.5, 0.6) is 5.75 Å². The lowest BCUT2D eigenvalue weighted by molar-refractivity contribution is 0.0342. The Labute approximate surface area is 161 Å². The zero-order valence-electron chi connectivity index (χ0n) is 16.1. The summed E-state index contributed by atoms with van der Waals surface area (Å²) in [5.74, 6) is 0.0568. The highest BCUT2D eigenvalue weighted by Gasteiger charge is 2.13. The summed E-state index contributed by atoms with van der Waals surface area (Å²) in [6.07, 6.45) is 0. The molecule has 1 aliphatic heterocycles. The van der Waals surface area contributed by atoms with Gasteiger partial charge in [0.25, 0.3) is 5.91 Å². The summed E-state index contributed by atoms with van der Waals surface area (Å²) in [5, 5.41) is 12.9. The second-order valence-electron chi connectivity index (χ2n) is 7.32. The van der Waals surface area contributed by atoms with E-state index in [4.69, 9.17) is 4.74 Å². The Bertz CT molecular complexity index is 766. The molecular weight excluding hydrogens is 340 g/mol. The summed E-state index contributed by atoms with van der Waals surface area (Å²) in [7, 11) is 0. The van der Waals surface area contributed by atoms with Crippen molar-refractivity contribution in [2.45, 2.75) is 32.9 Å². The van der Waals surface area contributed by atoms with Crippen LogP contribution in [0.4, 0.5) is 0 Å². The van der Waals surface area contributed by atoms with E-state index in [1.807, 2.05) is 18.2 Å². The van der Waals surface area contributed by atoms with Gasteiger partial charge >= 0.3 is 0 Å². The van der Waals surface area contributed by atoms with Gasteiger partial charge in [-0.15, -0.1) is 0 Å². The first-order chi connectivity index (χ1) is 13.0. The van der Waals surface area contributed by atoms with Gasteiger partial charge in [0.2, 0.25) is 0 Å². The minimum absolute atomic E-state index is 0.0118. The number of amides is 1. The molecule has 0 radical (unpaired) electrons. The number of aromatic hydroxyl groups is 1. The zero-order valence-corrected chi connectivity index (χ0v) is 16.1. The molecule has 0 bridgehead atoms. The second-order valence-corrected chi connectivity index (χ2v) is 7.32. The summed E-state index contributed by atoms with van der Waals surface area (Å²) in [5.41, 5.74) is 3.65. The number of hydrogen-bond acceptors (Lipinski definition) is 4. The van der Waals surface area contributed by atoms with Gasteiger partial charge in [0, 0.05) is 26.2 Å². The number of rotatable bonds is 6. The Morgan fingerprint density at radius 1 is 1.11 bits per heavy atom. The molecule has 1 heterocycles. The largest absolute Gasteiger partial charge is 0.507 e. The molecule has 3 rings (SSSR count). The number of benzene rings is 2. The van der Waals surface area contributed by atoms with Crippen LogP contribution in [0.3, 0.4) is 0 Å². The minimum Gasteiger partial charge on any atom is -0.507 e. The predicted octanol–water partition coefficient (Wildman–Crippen LogP) is 3.28. The van der Waals surface area contributed by atoms with E-state index in [-0.39, 0.29) is 11.7 Å². The number of phenolic OH excluding ortho intramolecular Hbond substituents is 1. The second kappa shape index (κ2) is 9.02. The van der Waals surface area contributed by atoms with Gasteiger partial charge in [0.15, 0.2) is 0 Å². The molecule has 1 amide bonds. The average Bonchev–Trinajstić information content (AvgIpc) is 2.68. The van der Waals surface area contributed by atoms with Crippen LogP contribution in [0.2, 0.25) is 0 Å². The van der Waals surface area contributed by atoms with Gasteiger partial charge < -0.3 is 15.2 Å². The van der Waals surface area contributed by atoms with E-state index in [1.54, 1.807) is 12.1 Å². The molecule has 5 heteroatoms. The van der Waals surface area contributed by atoms with Gasteiger partial charge in [-0.05, 0) is 34.7 Å². The lowest BCUT2D eigenvalue weighted by Crippen LogP contribution is -2.35. The standard InChI is InChI=1S/C22H28N2O3/c1-16(2)19-7-8-21(25)20(13-19)22(26)23-14-17-3-5-18(6-4-17)15-24-9-11-27-12-10-24/h3-8,13,16,25H,9-12,14-15H2,1-2H3,(H,23,26). The van der Waals surface area contributed by atoms with E-state index < -0.39 is 0 Å². The molecule has 5 nitrogen and oxygen atoms in total. The SMILES string of the molecule is CC(C)c1ccc(O)c(C(=O)NCc2ccc(CN3CCOCC3)cc2)c1. The predicted molar refractivity (Wildman–Crippen MR) is 106 cm³/mol. The summed E-state index contributed by atoms with van der Waals surface area (Å²) in [6, 6.07) is 13.5. The first-order valence-corrected chi connectivity index (χ1v) is 9.52. The quantitative estimate of drug-likeness (QED) is 0.821. The molecule has 144 valence electrons. The highest BCUT2D eigenvalue weighted by molar-refractivity contribution is 5.97. The highest BCUT2D eigenvalue weighted by Crippen LogP contribution is 2.23. The molecule has 0 aromatic heterocycles. The zero-order chi connectivity index (χ0) is 19.2. The molecule has 2 N–H and O–H groups in total. The van der Waals surface area contributed by atoms with Crippen molar-refractivity contribution in [3.8, 4) is 5.75 Å². The Balaban J connectivity index is 1.56. The molecule has 1 fully saturated rings. The van der Waals surface area contributed by atoms with Crippen molar-refractivity contribution in [3.05, 3.63) is 64.7 Å². The van der Waals surface area contributed by atoms with Crippen LogP contribution in [0, 0.1) is 0 Å². The fraction of sp³-hybridized carbons (Fsp3) is 0.409. The first-order valence-electron chi connectivity index (χ1n) is 9.52. The van der Waals surface area contributed by atoms with E-state index in [0.29, 0.717) is 18.0 Å². The Kier molecular flexibility index (Phi) is 6.48. The van der Waals surface area contributed by atoms with Gasteiger partial charge in [-0.2, -0.15) is 0 Å². The third-order valence-corrected chi connectivity index (χ3v) is 4.92. The van der Waals surface area contributed by atoms with Gasteiger partial charge in [-0.25, -0.2) is 0 Å². The number of phenols is 1. The van der Waals surface area contributed by atoms with Gasteiger partial charge in [-0.3, -0.25) is 9.69 Å². The molecule has 27 heavy (non-hydrogen) atoms. The van der Waals surface area contributed by atoms with Crippen molar-refractivity contribution in [3.63, 3.8) is 0 Å². The molecule has 0 atom stereocenters. The van der Waals surface area contributed by atoms with Crippen molar-refractivity contribution < 1.29 is 14.6 Å². The maximum absolute atomic E-state index is 12.5. The monoisotopic (exact) mass is 368 g/mol. The molecule has 2 aromatic carbocycles. The summed E-state index contributed by atoms with van der Waals surface area (Å²) in [6.45, 7) is 9.02. The van der Waals surface area contributed by atoms with Crippen LogP contribution in [0.1, 0.15) is 46.8 Å². The minimum atomic E-state index is -0.257. The topological polar surface area (TPSA) is 61.8 Å². The van der Waals surface area contributed by atoms with Crippen LogP contribution >= 0.6 is 0 Å². The van der Waals surface area contributed by atoms with E-state index >= 15 is 0 Å². The normalized spacial score (nSPS) is 15.1. The van der Waals surface area contributed by atoms with E-state index in [1.165, 1.54) is 5.56 Å². The highest BCUT2D eigenvalue weighted by atomic mass is 16.5. The molecule has 0 aliphatic carbocycles. The maximum Gasteiger partial charge on any atom is 0.255 e. The fourth-order valence-electron chi connectivity index (χ4n) is 3.15. The lowest BCUT2D eigenvalue weighted by atomic mass is 10.00. The molecule has 0 saturated carbocycles. The van der Waals surface area contributed by atoms with E-state index in [0.717, 1.165) is 44.0 Å². The van der Waals surface area contributed by atoms with Crippen LogP contribution in [0.25, 0.3) is 0 Å². The number of carbonyl (C=O) groups is 1. The van der Waals surface area contributed by atoms with Crippen molar-refractivity contribution in [1.29, 1.82) is 0 Å². The summed E-state index contributed by atoms with van der Waals surface area (Å²) < 4.78 is 5.38. The van der Waals surface area contributed by atoms with Gasteiger partial charge in [0.1, 0.15) is 5.75 Å². The Morgan fingerprint density at radius 2 is 1.78 bits per heavy atom. The first kappa shape index (κ1) is 19.4. The lowest BCUT2D eigenvalue weighted by Gasteiger charge is -2.26. The van der Waals surface area contributed by atoms with Crippen LogP contribution < -0.4 is 5.32 Å². The van der Waals surface area contributed by atoms with Crippen molar-refractivity contribution in [2.24, 2.45) is 0 Å². The Morgan fingerprint density at radius 3 is 2.44 bits per heavy atom. The molecule has 1 aliphatic rings. The van der Waals surface area contributed by atoms with Crippen LogP contribution in [-0.2, 0) is 17.8 Å². The maximum atomic E-state index is 12.5. The van der Waals surface area contributed by atoms with Crippen molar-refractivity contribution in [1.82, 2.24) is 10.2 Å². The van der Waals surface area contributed by atoms with Gasteiger partial charge in [0.05, 0.1) is 18.8 Å². The third-order valence-electron chi connectivity index (χ3n) is 4.92. The van der Waals surface area contributed by atoms with E-state index in [9.17, 15) is 9.90 Å². The fourth-order valence-corrected chi connectivity index (χ4v) is 3.15. The number of hydrogen-bond donors (Lipinski definition) is 2. The van der Waals surface area contributed by atoms with Crippen molar-refractivity contribution >= 4 is 5.91 Å². The molecule has 0 unspecified atom stereocenters. The smallest absolute Gasteiger partial charge is 0.255 e. The number of nitrogens with one attached hydrogen (secondary N) is 1. The Hall–Kier alpha value is -2.37. The number of carbonyl (C=O) groups excluding carboxylic acids is 1. The van der Waals surface area contributed by atoms with E-state index in [2.05, 4.69) is 36.2 Å². The molecule has 1 saturated heterocycles. The average molecular weight is 368 g/mol. The third kappa shape index (κ3) is 5.31. The number of morpholine rings is 1. The molecular formula is C22H28N2O3. The number of ether oxygens (including phenoxy) is 1. The van der Waals surface area contributed by atoms with Crippen LogP contribution in [0.15, 0.2) is 42.5 Å². The van der Waals surface area contributed by atoms with Crippen LogP contribution in [-0.4, -0.2) is 42.2 Å². The molecule has 2 aromatic rings. The number of nitrogens with zero attached hydrogens (tertiary/aromatic N) is 1. The molecule has 0 spiro atoms. The van der Waals surface area contributed by atoms with Crippen molar-refractivity contribution in [2.75, 3.05) is 26.3 Å².